The lowest BCUT2D eigenvalue weighted by Crippen LogP contribution is -2.30. The first-order valence-electron chi connectivity index (χ1n) is 10.6. The van der Waals surface area contributed by atoms with Crippen molar-refractivity contribution in [3.63, 3.8) is 0 Å². The molecule has 0 aliphatic heterocycles. The van der Waals surface area contributed by atoms with Crippen molar-refractivity contribution in [1.82, 2.24) is 9.97 Å². The Morgan fingerprint density at radius 1 is 1.12 bits per heavy atom. The molecule has 0 fully saturated rings. The summed E-state index contributed by atoms with van der Waals surface area (Å²) in [6.07, 6.45) is 4.82. The lowest BCUT2D eigenvalue weighted by atomic mass is 10.2. The molecule has 4 aromatic rings. The number of fused-ring (bicyclic) bond motifs is 1. The molecule has 1 amide bonds. The van der Waals surface area contributed by atoms with E-state index in [1.54, 1.807) is 29.1 Å². The fourth-order valence-electron chi connectivity index (χ4n) is 3.27. The van der Waals surface area contributed by atoms with Gasteiger partial charge in [0.15, 0.2) is 5.13 Å². The quantitative estimate of drug-likeness (QED) is 0.207. The molecule has 0 spiro atoms. The maximum absolute atomic E-state index is 13.2. The van der Waals surface area contributed by atoms with Gasteiger partial charge in [0.25, 0.3) is 0 Å². The number of carbonyl (C=O) groups is 1. The summed E-state index contributed by atoms with van der Waals surface area (Å²) in [7, 11) is 0. The average molecular weight is 464 g/mol. The Morgan fingerprint density at radius 3 is 2.78 bits per heavy atom. The van der Waals surface area contributed by atoms with Crippen LogP contribution in [0.4, 0.5) is 5.13 Å². The number of amides is 1. The van der Waals surface area contributed by atoms with Gasteiger partial charge in [-0.15, -0.1) is 11.8 Å². The molecule has 5 nitrogen and oxygen atoms in total. The van der Waals surface area contributed by atoms with Gasteiger partial charge in [-0.3, -0.25) is 14.7 Å². The van der Waals surface area contributed by atoms with E-state index < -0.39 is 0 Å². The summed E-state index contributed by atoms with van der Waals surface area (Å²) in [5.74, 6) is 1.79. The van der Waals surface area contributed by atoms with Crippen LogP contribution in [0.25, 0.3) is 10.2 Å². The van der Waals surface area contributed by atoms with Gasteiger partial charge in [0.05, 0.1) is 23.4 Å². The Balaban J connectivity index is 1.49. The summed E-state index contributed by atoms with van der Waals surface area (Å²) in [6, 6.07) is 20.0. The Labute approximate surface area is 196 Å². The van der Waals surface area contributed by atoms with Crippen LogP contribution in [-0.2, 0) is 11.3 Å². The number of thiazole rings is 1. The number of ether oxygens (including phenoxy) is 1. The van der Waals surface area contributed by atoms with E-state index in [9.17, 15) is 4.79 Å². The van der Waals surface area contributed by atoms with Gasteiger partial charge in [-0.2, -0.15) is 0 Å². The third-order valence-corrected chi connectivity index (χ3v) is 6.94. The second kappa shape index (κ2) is 11.1. The maximum Gasteiger partial charge on any atom is 0.229 e. The molecule has 164 valence electrons. The predicted octanol–water partition coefficient (Wildman–Crippen LogP) is 6.20. The molecule has 0 aliphatic rings. The first kappa shape index (κ1) is 22.3. The fourth-order valence-corrected chi connectivity index (χ4v) is 5.15. The first-order chi connectivity index (χ1) is 15.7. The number of hydrogen-bond donors (Lipinski definition) is 0. The van der Waals surface area contributed by atoms with E-state index in [0.717, 1.165) is 33.7 Å². The molecule has 7 heteroatoms. The summed E-state index contributed by atoms with van der Waals surface area (Å²) >= 11 is 3.29. The van der Waals surface area contributed by atoms with Crippen LogP contribution in [0.3, 0.4) is 0 Å². The van der Waals surface area contributed by atoms with E-state index in [1.807, 2.05) is 55.5 Å². The Kier molecular flexibility index (Phi) is 7.74. The van der Waals surface area contributed by atoms with Gasteiger partial charge >= 0.3 is 0 Å². The lowest BCUT2D eigenvalue weighted by Gasteiger charge is -2.20. The van der Waals surface area contributed by atoms with E-state index in [-0.39, 0.29) is 5.91 Å². The van der Waals surface area contributed by atoms with E-state index >= 15 is 0 Å². The highest BCUT2D eigenvalue weighted by atomic mass is 32.2. The summed E-state index contributed by atoms with van der Waals surface area (Å²) in [5.41, 5.74) is 1.85. The van der Waals surface area contributed by atoms with Gasteiger partial charge in [0.1, 0.15) is 5.75 Å². The van der Waals surface area contributed by atoms with Crippen molar-refractivity contribution in [3.8, 4) is 5.75 Å². The smallest absolute Gasteiger partial charge is 0.229 e. The minimum Gasteiger partial charge on any atom is -0.494 e. The molecule has 0 radical (unpaired) electrons. The molecule has 4 rings (SSSR count). The Bertz CT molecular complexity index is 1150. The SMILES string of the molecule is CCOc1ccc2nc(N(Cc3cccnc3)C(=O)CCCSc3ccccc3)sc2c1. The third kappa shape index (κ3) is 5.87. The van der Waals surface area contributed by atoms with Gasteiger partial charge < -0.3 is 4.74 Å². The van der Waals surface area contributed by atoms with Crippen LogP contribution in [0.1, 0.15) is 25.3 Å². The van der Waals surface area contributed by atoms with Crippen LogP contribution in [0.2, 0.25) is 0 Å². The summed E-state index contributed by atoms with van der Waals surface area (Å²) in [4.78, 5) is 25.2. The molecule has 0 bridgehead atoms. The number of nitrogens with zero attached hydrogens (tertiary/aromatic N) is 3. The molecule has 0 aliphatic carbocycles. The summed E-state index contributed by atoms with van der Waals surface area (Å²) < 4.78 is 6.63. The third-order valence-electron chi connectivity index (χ3n) is 4.80. The lowest BCUT2D eigenvalue weighted by molar-refractivity contribution is -0.118. The molecule has 0 saturated carbocycles. The highest BCUT2D eigenvalue weighted by Crippen LogP contribution is 2.33. The highest BCUT2D eigenvalue weighted by molar-refractivity contribution is 7.99. The number of benzene rings is 2. The summed E-state index contributed by atoms with van der Waals surface area (Å²) in [5, 5.41) is 0.707. The highest BCUT2D eigenvalue weighted by Gasteiger charge is 2.20. The molecule has 2 aromatic heterocycles. The Morgan fingerprint density at radius 2 is 2.00 bits per heavy atom. The van der Waals surface area contributed by atoms with Crippen LogP contribution >= 0.6 is 23.1 Å². The van der Waals surface area contributed by atoms with Crippen molar-refractivity contribution in [2.75, 3.05) is 17.3 Å². The monoisotopic (exact) mass is 463 g/mol. The second-order valence-corrected chi connectivity index (χ2v) is 9.34. The van der Waals surface area contributed by atoms with Crippen molar-refractivity contribution in [2.45, 2.75) is 31.2 Å². The molecule has 0 atom stereocenters. The number of aromatic nitrogens is 2. The van der Waals surface area contributed by atoms with Crippen molar-refractivity contribution in [1.29, 1.82) is 0 Å². The number of thioether (sulfide) groups is 1. The van der Waals surface area contributed by atoms with Gasteiger partial charge in [0.2, 0.25) is 5.91 Å². The van der Waals surface area contributed by atoms with Crippen molar-refractivity contribution < 1.29 is 9.53 Å². The van der Waals surface area contributed by atoms with E-state index in [0.29, 0.717) is 24.7 Å². The van der Waals surface area contributed by atoms with Gasteiger partial charge in [0, 0.05) is 23.7 Å². The number of hydrogen-bond acceptors (Lipinski definition) is 6. The molecule has 2 aromatic carbocycles. The molecule has 0 saturated heterocycles. The van der Waals surface area contributed by atoms with Crippen LogP contribution in [0.5, 0.6) is 5.75 Å². The minimum absolute atomic E-state index is 0.0756. The molecular weight excluding hydrogens is 438 g/mol. The first-order valence-corrected chi connectivity index (χ1v) is 12.4. The van der Waals surface area contributed by atoms with Crippen LogP contribution < -0.4 is 9.64 Å². The van der Waals surface area contributed by atoms with E-state index in [4.69, 9.17) is 9.72 Å². The molecule has 0 unspecified atom stereocenters. The minimum atomic E-state index is 0.0756. The zero-order chi connectivity index (χ0) is 22.2. The number of carbonyl (C=O) groups excluding carboxylic acids is 1. The van der Waals surface area contributed by atoms with E-state index in [2.05, 4.69) is 17.1 Å². The number of anilines is 1. The largest absolute Gasteiger partial charge is 0.494 e. The predicted molar refractivity (Wildman–Crippen MR) is 133 cm³/mol. The van der Waals surface area contributed by atoms with Gasteiger partial charge in [-0.05, 0) is 61.1 Å². The molecule has 32 heavy (non-hydrogen) atoms. The van der Waals surface area contributed by atoms with Crippen LogP contribution in [0, 0.1) is 0 Å². The summed E-state index contributed by atoms with van der Waals surface area (Å²) in [6.45, 7) is 3.03. The zero-order valence-electron chi connectivity index (χ0n) is 17.9. The van der Waals surface area contributed by atoms with Crippen LogP contribution in [0.15, 0.2) is 78.0 Å². The van der Waals surface area contributed by atoms with Crippen molar-refractivity contribution >= 4 is 44.4 Å². The number of pyridine rings is 1. The fraction of sp³-hybridized carbons (Fsp3) is 0.240. The van der Waals surface area contributed by atoms with E-state index in [1.165, 1.54) is 16.2 Å². The average Bonchev–Trinajstić information content (AvgIpc) is 3.25. The maximum atomic E-state index is 13.2. The molecule has 0 N–H and O–H groups in total. The van der Waals surface area contributed by atoms with Crippen molar-refractivity contribution in [3.05, 3.63) is 78.6 Å². The molecule has 2 heterocycles. The van der Waals surface area contributed by atoms with Crippen LogP contribution in [-0.4, -0.2) is 28.2 Å². The molecular formula is C25H25N3O2S2. The topological polar surface area (TPSA) is 55.3 Å². The zero-order valence-corrected chi connectivity index (χ0v) is 19.6. The Hall–Kier alpha value is -2.90. The van der Waals surface area contributed by atoms with Gasteiger partial charge in [-0.1, -0.05) is 35.6 Å². The van der Waals surface area contributed by atoms with Crippen molar-refractivity contribution in [2.24, 2.45) is 0 Å². The van der Waals surface area contributed by atoms with Gasteiger partial charge in [-0.25, -0.2) is 4.98 Å². The normalized spacial score (nSPS) is 10.9. The second-order valence-electron chi connectivity index (χ2n) is 7.17. The standard InChI is InChI=1S/C25H25N3O2S2/c1-2-30-20-12-13-22-23(16-20)32-25(27-22)28(18-19-8-6-14-26-17-19)24(29)11-7-15-31-21-9-4-3-5-10-21/h3-6,8-10,12-14,16-17H,2,7,11,15,18H2,1H3. The number of rotatable bonds is 10.